The van der Waals surface area contributed by atoms with Crippen LogP contribution in [0.15, 0.2) is 21.7 Å². The zero-order chi connectivity index (χ0) is 20.4. The van der Waals surface area contributed by atoms with Crippen LogP contribution in [0.3, 0.4) is 0 Å². The summed E-state index contributed by atoms with van der Waals surface area (Å²) in [6.07, 6.45) is 1.31. The number of piperidine rings is 1. The second kappa shape index (κ2) is 8.48. The van der Waals surface area contributed by atoms with Gasteiger partial charge in [-0.25, -0.2) is 8.42 Å². The maximum atomic E-state index is 13.1. The maximum absolute atomic E-state index is 13.1. The monoisotopic (exact) mass is 429 g/mol. The van der Waals surface area contributed by atoms with Crippen molar-refractivity contribution >= 4 is 33.2 Å². The molecule has 0 aliphatic carbocycles. The van der Waals surface area contributed by atoms with Gasteiger partial charge in [0.2, 0.25) is 11.8 Å². The number of nitrogens with zero attached hydrogens (tertiary/aromatic N) is 2. The molecule has 1 aromatic rings. The number of amides is 2. The minimum Gasteiger partial charge on any atom is -0.383 e. The number of carbonyl (C=O) groups excluding carboxylic acids is 2. The Morgan fingerprint density at radius 3 is 2.68 bits per heavy atom. The Bertz CT molecular complexity index is 801. The van der Waals surface area contributed by atoms with Crippen molar-refractivity contribution in [1.29, 1.82) is 0 Å². The number of rotatable bonds is 7. The van der Waals surface area contributed by atoms with E-state index < -0.39 is 21.5 Å². The SMILES string of the molecule is CCN1C(=O)C2(CCN(S(=O)(=O)c3cccs3)CC2)CC1C(=O)NCCOC. The lowest BCUT2D eigenvalue weighted by molar-refractivity contribution is -0.140. The molecular formula is C18H27N3O5S2. The molecule has 3 heterocycles. The fraction of sp³-hybridized carbons (Fsp3) is 0.667. The standard InChI is InChI=1S/C18H27N3O5S2/c1-3-21-14(16(22)19-8-11-26-2)13-18(17(21)23)6-9-20(10-7-18)28(24,25)15-5-4-12-27-15/h4-5,12,14H,3,6-11,13H2,1-2H3,(H,19,22). The van der Waals surface area contributed by atoms with E-state index in [9.17, 15) is 18.0 Å². The predicted octanol–water partition coefficient (Wildman–Crippen LogP) is 0.902. The summed E-state index contributed by atoms with van der Waals surface area (Å²) in [7, 11) is -1.95. The summed E-state index contributed by atoms with van der Waals surface area (Å²) >= 11 is 1.20. The average molecular weight is 430 g/mol. The molecule has 2 aliphatic heterocycles. The molecule has 1 aromatic heterocycles. The van der Waals surface area contributed by atoms with Crippen LogP contribution < -0.4 is 5.32 Å². The molecule has 8 nitrogen and oxygen atoms in total. The Balaban J connectivity index is 1.70. The van der Waals surface area contributed by atoms with Crippen LogP contribution >= 0.6 is 11.3 Å². The molecule has 156 valence electrons. The number of carbonyl (C=O) groups is 2. The van der Waals surface area contributed by atoms with E-state index in [1.165, 1.54) is 15.6 Å². The highest BCUT2D eigenvalue weighted by Crippen LogP contribution is 2.45. The number of nitrogens with one attached hydrogen (secondary N) is 1. The number of hydrogen-bond donors (Lipinski definition) is 1. The van der Waals surface area contributed by atoms with Crippen molar-refractivity contribution in [3.8, 4) is 0 Å². The van der Waals surface area contributed by atoms with Crippen LogP contribution in [-0.2, 0) is 24.3 Å². The third kappa shape index (κ3) is 3.83. The van der Waals surface area contributed by atoms with Crippen molar-refractivity contribution in [1.82, 2.24) is 14.5 Å². The predicted molar refractivity (Wildman–Crippen MR) is 105 cm³/mol. The largest absolute Gasteiger partial charge is 0.383 e. The number of ether oxygens (including phenoxy) is 1. The van der Waals surface area contributed by atoms with Crippen LogP contribution in [-0.4, -0.2) is 75.4 Å². The van der Waals surface area contributed by atoms with Gasteiger partial charge in [0, 0.05) is 33.3 Å². The van der Waals surface area contributed by atoms with Crippen molar-refractivity contribution in [3.05, 3.63) is 17.5 Å². The fourth-order valence-electron chi connectivity index (χ4n) is 4.12. The minimum atomic E-state index is -3.51. The van der Waals surface area contributed by atoms with Crippen LogP contribution in [0.5, 0.6) is 0 Å². The molecule has 2 fully saturated rings. The van der Waals surface area contributed by atoms with Gasteiger partial charge in [-0.2, -0.15) is 4.31 Å². The molecule has 28 heavy (non-hydrogen) atoms. The topological polar surface area (TPSA) is 96.0 Å². The number of methoxy groups -OCH3 is 1. The summed E-state index contributed by atoms with van der Waals surface area (Å²) in [6, 6.07) is 2.81. The van der Waals surface area contributed by atoms with Crippen LogP contribution in [0.4, 0.5) is 0 Å². The number of hydrogen-bond acceptors (Lipinski definition) is 6. The van der Waals surface area contributed by atoms with E-state index >= 15 is 0 Å². The lowest BCUT2D eigenvalue weighted by atomic mass is 9.76. The summed E-state index contributed by atoms with van der Waals surface area (Å²) in [4.78, 5) is 27.3. The molecule has 2 saturated heterocycles. The second-order valence-electron chi connectivity index (χ2n) is 7.21. The van der Waals surface area contributed by atoms with Gasteiger partial charge in [-0.15, -0.1) is 11.3 Å². The molecule has 1 spiro atoms. The summed E-state index contributed by atoms with van der Waals surface area (Å²) < 4.78 is 32.2. The number of sulfonamides is 1. The molecule has 2 aliphatic rings. The summed E-state index contributed by atoms with van der Waals surface area (Å²) in [5, 5.41) is 4.56. The first-order valence-electron chi connectivity index (χ1n) is 9.47. The van der Waals surface area contributed by atoms with E-state index in [0.717, 1.165) is 0 Å². The molecule has 1 unspecified atom stereocenters. The van der Waals surface area contributed by atoms with Crippen LogP contribution in [0.1, 0.15) is 26.2 Å². The molecule has 0 saturated carbocycles. The highest BCUT2D eigenvalue weighted by molar-refractivity contribution is 7.91. The van der Waals surface area contributed by atoms with E-state index in [2.05, 4.69) is 5.32 Å². The van der Waals surface area contributed by atoms with Crippen LogP contribution in [0.25, 0.3) is 0 Å². The van der Waals surface area contributed by atoms with Gasteiger partial charge in [-0.3, -0.25) is 9.59 Å². The first-order valence-corrected chi connectivity index (χ1v) is 11.8. The van der Waals surface area contributed by atoms with Gasteiger partial charge in [-0.1, -0.05) is 6.07 Å². The molecule has 3 rings (SSSR count). The Morgan fingerprint density at radius 2 is 2.11 bits per heavy atom. The van der Waals surface area contributed by atoms with Gasteiger partial charge < -0.3 is 15.0 Å². The van der Waals surface area contributed by atoms with E-state index in [-0.39, 0.29) is 11.8 Å². The Kier molecular flexibility index (Phi) is 6.43. The van der Waals surface area contributed by atoms with Crippen LogP contribution in [0.2, 0.25) is 0 Å². The molecule has 10 heteroatoms. The van der Waals surface area contributed by atoms with Gasteiger partial charge in [0.1, 0.15) is 10.3 Å². The number of thiophene rings is 1. The Hall–Kier alpha value is -1.49. The molecule has 1 atom stereocenters. The molecular weight excluding hydrogens is 402 g/mol. The second-order valence-corrected chi connectivity index (χ2v) is 10.3. The molecule has 0 aromatic carbocycles. The quantitative estimate of drug-likeness (QED) is 0.650. The smallest absolute Gasteiger partial charge is 0.252 e. The van der Waals surface area contributed by atoms with Gasteiger partial charge in [0.25, 0.3) is 10.0 Å². The zero-order valence-corrected chi connectivity index (χ0v) is 17.9. The number of likely N-dealkylation sites (N-methyl/N-ethyl adjacent to an activating group) is 1. The molecule has 0 radical (unpaired) electrons. The van der Waals surface area contributed by atoms with Crippen molar-refractivity contribution in [2.45, 2.75) is 36.4 Å². The van der Waals surface area contributed by atoms with E-state index in [1.54, 1.807) is 29.5 Å². The first-order chi connectivity index (χ1) is 13.4. The van der Waals surface area contributed by atoms with Crippen LogP contribution in [0, 0.1) is 5.41 Å². The number of likely N-dealkylation sites (tertiary alicyclic amines) is 1. The molecule has 2 amide bonds. The van der Waals surface area contributed by atoms with Crippen molar-refractivity contribution in [3.63, 3.8) is 0 Å². The van der Waals surface area contributed by atoms with E-state index in [0.29, 0.717) is 56.3 Å². The normalized spacial score (nSPS) is 22.7. The third-order valence-electron chi connectivity index (χ3n) is 5.69. The lowest BCUT2D eigenvalue weighted by Crippen LogP contribution is -2.47. The molecule has 0 bridgehead atoms. The van der Waals surface area contributed by atoms with Gasteiger partial charge in [0.15, 0.2) is 0 Å². The summed E-state index contributed by atoms with van der Waals surface area (Å²) in [5.74, 6) is -0.201. The fourth-order valence-corrected chi connectivity index (χ4v) is 6.70. The summed E-state index contributed by atoms with van der Waals surface area (Å²) in [6.45, 7) is 3.72. The highest BCUT2D eigenvalue weighted by Gasteiger charge is 2.54. The average Bonchev–Trinajstić information content (AvgIpc) is 3.31. The lowest BCUT2D eigenvalue weighted by Gasteiger charge is -2.36. The van der Waals surface area contributed by atoms with Crippen molar-refractivity contribution in [2.24, 2.45) is 5.41 Å². The highest BCUT2D eigenvalue weighted by atomic mass is 32.2. The van der Waals surface area contributed by atoms with Gasteiger partial charge >= 0.3 is 0 Å². The Labute approximate surface area is 169 Å². The zero-order valence-electron chi connectivity index (χ0n) is 16.2. The van der Waals surface area contributed by atoms with Crippen molar-refractivity contribution < 1.29 is 22.7 Å². The minimum absolute atomic E-state index is 0.0323. The van der Waals surface area contributed by atoms with Crippen molar-refractivity contribution in [2.75, 3.05) is 39.9 Å². The maximum Gasteiger partial charge on any atom is 0.252 e. The van der Waals surface area contributed by atoms with E-state index in [4.69, 9.17) is 4.74 Å². The van der Waals surface area contributed by atoms with Gasteiger partial charge in [-0.05, 0) is 37.6 Å². The Morgan fingerprint density at radius 1 is 1.39 bits per heavy atom. The first kappa shape index (κ1) is 21.2. The van der Waals surface area contributed by atoms with Gasteiger partial charge in [0.05, 0.1) is 12.0 Å². The summed E-state index contributed by atoms with van der Waals surface area (Å²) in [5.41, 5.74) is -0.652. The third-order valence-corrected chi connectivity index (χ3v) is 8.96. The van der Waals surface area contributed by atoms with E-state index in [1.807, 2.05) is 6.92 Å². The molecule has 1 N–H and O–H groups in total.